The average Bonchev–Trinajstić information content (AvgIpc) is 1.63. The first kappa shape index (κ1) is 8.13. The lowest BCUT2D eigenvalue weighted by atomic mass is 10.5. The van der Waals surface area contributed by atoms with Crippen molar-refractivity contribution in [2.45, 2.75) is 0 Å². The molecule has 0 rings (SSSR count). The second kappa shape index (κ2) is 4.05. The fourth-order valence-corrected chi connectivity index (χ4v) is 0.404. The minimum absolute atomic E-state index is 0.147. The monoisotopic (exact) mass is 130 g/mol. The normalized spacial score (nSPS) is 9.56. The zero-order chi connectivity index (χ0) is 7.28. The maximum atomic E-state index is 9.93. The lowest BCUT2D eigenvalue weighted by Crippen LogP contribution is -2.35. The van der Waals surface area contributed by atoms with Crippen molar-refractivity contribution < 1.29 is 9.90 Å². The van der Waals surface area contributed by atoms with Crippen LogP contribution in [0.3, 0.4) is 0 Å². The van der Waals surface area contributed by atoms with Gasteiger partial charge in [0.15, 0.2) is 0 Å². The Labute approximate surface area is 53.5 Å². The molecule has 0 unspecified atom stereocenters. The summed E-state index contributed by atoms with van der Waals surface area (Å²) in [4.78, 5) is 9.93. The number of carboxylic acid groups (broad SMARTS) is 1. The van der Waals surface area contributed by atoms with Crippen molar-refractivity contribution in [1.82, 2.24) is 5.01 Å². The van der Waals surface area contributed by atoms with Gasteiger partial charge in [0, 0.05) is 6.54 Å². The molecule has 0 aromatic rings. The van der Waals surface area contributed by atoms with Crippen molar-refractivity contribution >= 4 is 5.97 Å². The van der Waals surface area contributed by atoms with E-state index in [0.29, 0.717) is 6.54 Å². The summed E-state index contributed by atoms with van der Waals surface area (Å²) in [5.41, 5.74) is 0. The van der Waals surface area contributed by atoms with Gasteiger partial charge < -0.3 is 5.11 Å². The van der Waals surface area contributed by atoms with Gasteiger partial charge in [0.1, 0.15) is 6.54 Å². The van der Waals surface area contributed by atoms with Gasteiger partial charge in [-0.3, -0.25) is 10.6 Å². The van der Waals surface area contributed by atoms with Crippen molar-refractivity contribution in [1.29, 1.82) is 0 Å². The Morgan fingerprint density at radius 2 is 2.44 bits per heavy atom. The Kier molecular flexibility index (Phi) is 3.66. The van der Waals surface area contributed by atoms with Crippen LogP contribution in [-0.2, 0) is 4.79 Å². The van der Waals surface area contributed by atoms with Crippen molar-refractivity contribution in [3.05, 3.63) is 12.7 Å². The van der Waals surface area contributed by atoms with E-state index in [2.05, 4.69) is 6.58 Å². The van der Waals surface area contributed by atoms with Crippen LogP contribution in [0.2, 0.25) is 0 Å². The summed E-state index contributed by atoms with van der Waals surface area (Å²) >= 11 is 0. The molecule has 0 atom stereocenters. The van der Waals surface area contributed by atoms with E-state index in [0.717, 1.165) is 5.01 Å². The number of rotatable bonds is 4. The summed E-state index contributed by atoms with van der Waals surface area (Å²) in [7, 11) is 0. The highest BCUT2D eigenvalue weighted by atomic mass is 16.4. The van der Waals surface area contributed by atoms with E-state index in [1.807, 2.05) is 0 Å². The Bertz CT molecular complexity index is 114. The Balaban J connectivity index is 3.37. The highest BCUT2D eigenvalue weighted by Crippen LogP contribution is 1.75. The predicted molar refractivity (Wildman–Crippen MR) is 33.6 cm³/mol. The van der Waals surface area contributed by atoms with E-state index >= 15 is 0 Å². The fourth-order valence-electron chi connectivity index (χ4n) is 0.404. The van der Waals surface area contributed by atoms with Crippen LogP contribution < -0.4 is 5.84 Å². The third kappa shape index (κ3) is 4.99. The van der Waals surface area contributed by atoms with Crippen LogP contribution >= 0.6 is 0 Å². The summed E-state index contributed by atoms with van der Waals surface area (Å²) in [6, 6.07) is 0. The van der Waals surface area contributed by atoms with Crippen LogP contribution in [-0.4, -0.2) is 29.2 Å². The highest BCUT2D eigenvalue weighted by molar-refractivity contribution is 5.68. The molecule has 3 N–H and O–H groups in total. The van der Waals surface area contributed by atoms with Gasteiger partial charge in [-0.1, -0.05) is 6.08 Å². The fraction of sp³-hybridized carbons (Fsp3) is 0.400. The molecule has 0 aromatic carbocycles. The number of hydrogen-bond donors (Lipinski definition) is 2. The standard InChI is InChI=1S/C5H10N2O2/c1-2-3-7(6)4-5(8)9/h2H,1,3-4,6H2,(H,8,9). The molecule has 0 heterocycles. The van der Waals surface area contributed by atoms with Gasteiger partial charge in [-0.25, -0.2) is 5.01 Å². The molecule has 0 saturated carbocycles. The van der Waals surface area contributed by atoms with Gasteiger partial charge in [-0.05, 0) is 0 Å². The molecular weight excluding hydrogens is 120 g/mol. The van der Waals surface area contributed by atoms with Crippen LogP contribution in [0.5, 0.6) is 0 Å². The molecule has 0 radical (unpaired) electrons. The van der Waals surface area contributed by atoms with Crippen molar-refractivity contribution in [3.8, 4) is 0 Å². The average molecular weight is 130 g/mol. The molecule has 0 aliphatic carbocycles. The zero-order valence-electron chi connectivity index (χ0n) is 5.08. The van der Waals surface area contributed by atoms with E-state index < -0.39 is 5.97 Å². The SMILES string of the molecule is C=CCN(N)CC(=O)O. The summed E-state index contributed by atoms with van der Waals surface area (Å²) in [6.45, 7) is 3.64. The Morgan fingerprint density at radius 1 is 1.89 bits per heavy atom. The van der Waals surface area contributed by atoms with Gasteiger partial charge in [0.05, 0.1) is 0 Å². The van der Waals surface area contributed by atoms with Gasteiger partial charge >= 0.3 is 5.97 Å². The lowest BCUT2D eigenvalue weighted by molar-refractivity contribution is -0.138. The van der Waals surface area contributed by atoms with Crippen molar-refractivity contribution in [3.63, 3.8) is 0 Å². The summed E-state index contributed by atoms with van der Waals surface area (Å²) in [5.74, 6) is 4.24. The van der Waals surface area contributed by atoms with Gasteiger partial charge in [-0.2, -0.15) is 0 Å². The smallest absolute Gasteiger partial charge is 0.319 e. The molecule has 0 bridgehead atoms. The molecule has 0 spiro atoms. The van der Waals surface area contributed by atoms with E-state index in [1.165, 1.54) is 0 Å². The summed E-state index contributed by atoms with van der Waals surface area (Å²) in [6.07, 6.45) is 1.54. The number of nitrogens with zero attached hydrogens (tertiary/aromatic N) is 1. The van der Waals surface area contributed by atoms with Crippen LogP contribution in [0.1, 0.15) is 0 Å². The minimum atomic E-state index is -0.931. The molecular formula is C5H10N2O2. The predicted octanol–water partition coefficient (Wildman–Crippen LogP) is -0.567. The zero-order valence-corrected chi connectivity index (χ0v) is 5.08. The van der Waals surface area contributed by atoms with Crippen LogP contribution in [0.4, 0.5) is 0 Å². The molecule has 4 nitrogen and oxygen atoms in total. The molecule has 0 aromatic heterocycles. The first-order valence-electron chi connectivity index (χ1n) is 2.49. The number of hydrazine groups is 1. The Morgan fingerprint density at radius 3 is 2.78 bits per heavy atom. The molecule has 9 heavy (non-hydrogen) atoms. The van der Waals surface area contributed by atoms with E-state index in [4.69, 9.17) is 10.9 Å². The van der Waals surface area contributed by atoms with Crippen LogP contribution in [0.25, 0.3) is 0 Å². The molecule has 0 aliphatic rings. The number of hydrogen-bond acceptors (Lipinski definition) is 3. The number of aliphatic carboxylic acids is 1. The van der Waals surface area contributed by atoms with Crippen LogP contribution in [0.15, 0.2) is 12.7 Å². The molecule has 52 valence electrons. The van der Waals surface area contributed by atoms with Gasteiger partial charge in [0.2, 0.25) is 0 Å². The first-order chi connectivity index (χ1) is 4.16. The molecule has 4 heteroatoms. The quantitative estimate of drug-likeness (QED) is 0.304. The largest absolute Gasteiger partial charge is 0.480 e. The lowest BCUT2D eigenvalue weighted by Gasteiger charge is -2.08. The first-order valence-corrected chi connectivity index (χ1v) is 2.49. The van der Waals surface area contributed by atoms with E-state index in [9.17, 15) is 4.79 Å². The van der Waals surface area contributed by atoms with E-state index in [-0.39, 0.29) is 6.54 Å². The van der Waals surface area contributed by atoms with Gasteiger partial charge in [0.25, 0.3) is 0 Å². The highest BCUT2D eigenvalue weighted by Gasteiger charge is 2.00. The third-order valence-electron chi connectivity index (χ3n) is 0.702. The van der Waals surface area contributed by atoms with Gasteiger partial charge in [-0.15, -0.1) is 6.58 Å². The molecule has 0 fully saturated rings. The summed E-state index contributed by atoms with van der Waals surface area (Å²) in [5, 5.41) is 9.32. The number of nitrogens with two attached hydrogens (primary N) is 1. The second-order valence-corrected chi connectivity index (χ2v) is 1.61. The molecule has 0 saturated heterocycles. The summed E-state index contributed by atoms with van der Waals surface area (Å²) < 4.78 is 0. The van der Waals surface area contributed by atoms with Crippen molar-refractivity contribution in [2.75, 3.05) is 13.1 Å². The van der Waals surface area contributed by atoms with Crippen molar-refractivity contribution in [2.24, 2.45) is 5.84 Å². The minimum Gasteiger partial charge on any atom is -0.480 e. The van der Waals surface area contributed by atoms with Crippen LogP contribution in [0, 0.1) is 0 Å². The molecule has 0 aliphatic heterocycles. The topological polar surface area (TPSA) is 66.6 Å². The number of carbonyl (C=O) groups is 1. The maximum absolute atomic E-state index is 9.93. The second-order valence-electron chi connectivity index (χ2n) is 1.61. The van der Waals surface area contributed by atoms with E-state index in [1.54, 1.807) is 6.08 Å². The molecule has 0 amide bonds. The Hall–Kier alpha value is -0.870. The maximum Gasteiger partial charge on any atom is 0.319 e. The number of carboxylic acids is 1. The third-order valence-corrected chi connectivity index (χ3v) is 0.702.